The molecule has 0 atom stereocenters. The van der Waals surface area contributed by atoms with E-state index in [9.17, 15) is 0 Å². The van der Waals surface area contributed by atoms with Crippen molar-refractivity contribution >= 4 is 28.7 Å². The molecular weight excluding hydrogens is 380 g/mol. The first-order valence-electron chi connectivity index (χ1n) is 9.40. The molecule has 1 N–H and O–H groups in total. The van der Waals surface area contributed by atoms with Crippen LogP contribution in [0.3, 0.4) is 0 Å². The number of pyridine rings is 1. The van der Waals surface area contributed by atoms with Crippen LogP contribution in [0.15, 0.2) is 73.1 Å². The Hall–Kier alpha value is -3.12. The van der Waals surface area contributed by atoms with Gasteiger partial charge in [0.2, 0.25) is 0 Å². The fourth-order valence-corrected chi connectivity index (χ4v) is 3.16. The van der Waals surface area contributed by atoms with E-state index in [0.717, 1.165) is 17.0 Å². The van der Waals surface area contributed by atoms with Crippen molar-refractivity contribution in [2.75, 3.05) is 31.4 Å². The van der Waals surface area contributed by atoms with Crippen molar-refractivity contribution in [2.45, 2.75) is 13.1 Å². The normalized spacial score (nSPS) is 10.3. The van der Waals surface area contributed by atoms with Gasteiger partial charge in [0, 0.05) is 51.0 Å². The number of nitrogens with zero attached hydrogens (tertiary/aromatic N) is 3. The van der Waals surface area contributed by atoms with E-state index in [0.29, 0.717) is 18.2 Å². The molecule has 2 aromatic carbocycles. The molecule has 0 saturated carbocycles. The largest absolute Gasteiger partial charge is 0.497 e. The number of benzene rings is 2. The zero-order valence-electron chi connectivity index (χ0n) is 17.0. The predicted octanol–water partition coefficient (Wildman–Crippen LogP) is 4.56. The van der Waals surface area contributed by atoms with E-state index in [4.69, 9.17) is 17.0 Å². The van der Waals surface area contributed by atoms with Crippen LogP contribution in [-0.4, -0.2) is 36.2 Å². The number of aromatic nitrogens is 1. The van der Waals surface area contributed by atoms with Crippen molar-refractivity contribution in [2.24, 2.45) is 0 Å². The van der Waals surface area contributed by atoms with Crippen molar-refractivity contribution in [1.29, 1.82) is 0 Å². The first kappa shape index (κ1) is 20.6. The average molecular weight is 407 g/mol. The molecule has 0 bridgehead atoms. The van der Waals surface area contributed by atoms with E-state index in [1.54, 1.807) is 13.3 Å². The van der Waals surface area contributed by atoms with Crippen LogP contribution in [-0.2, 0) is 13.1 Å². The fourth-order valence-electron chi connectivity index (χ4n) is 2.91. The van der Waals surface area contributed by atoms with Gasteiger partial charge in [-0.2, -0.15) is 0 Å². The van der Waals surface area contributed by atoms with E-state index in [1.165, 1.54) is 11.3 Å². The van der Waals surface area contributed by atoms with Crippen LogP contribution in [0, 0.1) is 0 Å². The molecule has 0 aliphatic carbocycles. The molecule has 1 heterocycles. The Labute approximate surface area is 177 Å². The van der Waals surface area contributed by atoms with Crippen LogP contribution < -0.4 is 15.0 Å². The lowest BCUT2D eigenvalue weighted by molar-refractivity contribution is 0.412. The molecule has 0 aliphatic rings. The number of ether oxygens (including phenoxy) is 1. The van der Waals surface area contributed by atoms with Crippen LogP contribution in [0.4, 0.5) is 11.4 Å². The van der Waals surface area contributed by atoms with E-state index in [2.05, 4.69) is 50.4 Å². The molecule has 150 valence electrons. The van der Waals surface area contributed by atoms with Gasteiger partial charge in [-0.25, -0.2) is 0 Å². The number of thiocarbonyl (C=S) groups is 1. The molecule has 0 aliphatic heterocycles. The number of hydrogen-bond donors (Lipinski definition) is 1. The van der Waals surface area contributed by atoms with Crippen molar-refractivity contribution in [3.63, 3.8) is 0 Å². The van der Waals surface area contributed by atoms with Crippen LogP contribution in [0.5, 0.6) is 5.75 Å². The summed E-state index contributed by atoms with van der Waals surface area (Å²) in [5.74, 6) is 0.815. The zero-order chi connectivity index (χ0) is 20.6. The number of methoxy groups -OCH3 is 1. The molecule has 0 unspecified atom stereocenters. The number of hydrogen-bond acceptors (Lipinski definition) is 4. The Balaban J connectivity index is 1.76. The second-order valence-corrected chi connectivity index (χ2v) is 7.32. The van der Waals surface area contributed by atoms with Crippen molar-refractivity contribution in [1.82, 2.24) is 9.88 Å². The first-order valence-corrected chi connectivity index (χ1v) is 9.81. The lowest BCUT2D eigenvalue weighted by atomic mass is 10.1. The van der Waals surface area contributed by atoms with Gasteiger partial charge in [-0.1, -0.05) is 18.2 Å². The summed E-state index contributed by atoms with van der Waals surface area (Å²) in [4.78, 5) is 8.46. The third kappa shape index (κ3) is 5.93. The second-order valence-electron chi connectivity index (χ2n) is 6.94. The monoisotopic (exact) mass is 406 g/mol. The summed E-state index contributed by atoms with van der Waals surface area (Å²) in [6.45, 7) is 1.37. The van der Waals surface area contributed by atoms with Gasteiger partial charge in [0.25, 0.3) is 0 Å². The van der Waals surface area contributed by atoms with Crippen molar-refractivity contribution in [3.8, 4) is 5.75 Å². The summed E-state index contributed by atoms with van der Waals surface area (Å²) in [6, 6.07) is 20.3. The van der Waals surface area contributed by atoms with Gasteiger partial charge in [-0.3, -0.25) is 4.98 Å². The summed E-state index contributed by atoms with van der Waals surface area (Å²) in [5.41, 5.74) is 4.40. The Morgan fingerprint density at radius 2 is 1.66 bits per heavy atom. The topological polar surface area (TPSA) is 40.6 Å². The Morgan fingerprint density at radius 1 is 0.966 bits per heavy atom. The molecule has 5 nitrogen and oxygen atoms in total. The molecule has 29 heavy (non-hydrogen) atoms. The molecule has 0 radical (unpaired) electrons. The minimum absolute atomic E-state index is 0.663. The van der Waals surface area contributed by atoms with Crippen molar-refractivity contribution in [3.05, 3.63) is 84.2 Å². The third-order valence-electron chi connectivity index (χ3n) is 4.55. The minimum atomic E-state index is 0.663. The standard InChI is InChI=1S/C23H26N4OS/c1-26(2)21-10-6-18(7-11-21)16-27(17-19-5-4-14-24-15-19)23(29)25-20-8-12-22(28-3)13-9-20/h4-15H,16-17H2,1-3H3,(H,25,29). The van der Waals surface area contributed by atoms with Crippen LogP contribution in [0.2, 0.25) is 0 Å². The Bertz CT molecular complexity index is 912. The maximum atomic E-state index is 5.74. The zero-order valence-corrected chi connectivity index (χ0v) is 17.8. The third-order valence-corrected chi connectivity index (χ3v) is 4.91. The lowest BCUT2D eigenvalue weighted by Gasteiger charge is -2.26. The van der Waals surface area contributed by atoms with E-state index >= 15 is 0 Å². The molecule has 6 heteroatoms. The molecule has 1 aromatic heterocycles. The Kier molecular flexibility index (Phi) is 7.03. The lowest BCUT2D eigenvalue weighted by Crippen LogP contribution is -2.33. The minimum Gasteiger partial charge on any atom is -0.497 e. The summed E-state index contributed by atoms with van der Waals surface area (Å²) in [7, 11) is 5.74. The van der Waals surface area contributed by atoms with Crippen LogP contribution >= 0.6 is 12.2 Å². The summed E-state index contributed by atoms with van der Waals surface area (Å²) in [6.07, 6.45) is 3.65. The molecule has 0 fully saturated rings. The highest BCUT2D eigenvalue weighted by Crippen LogP contribution is 2.18. The highest BCUT2D eigenvalue weighted by Gasteiger charge is 2.12. The first-order chi connectivity index (χ1) is 14.0. The summed E-state index contributed by atoms with van der Waals surface area (Å²) >= 11 is 5.74. The number of rotatable bonds is 7. The Morgan fingerprint density at radius 3 is 2.24 bits per heavy atom. The summed E-state index contributed by atoms with van der Waals surface area (Å²) < 4.78 is 5.22. The van der Waals surface area contributed by atoms with E-state index in [-0.39, 0.29) is 0 Å². The molecule has 3 aromatic rings. The quantitative estimate of drug-likeness (QED) is 0.580. The van der Waals surface area contributed by atoms with Gasteiger partial charge >= 0.3 is 0 Å². The van der Waals surface area contributed by atoms with Gasteiger partial charge < -0.3 is 19.9 Å². The number of nitrogens with one attached hydrogen (secondary N) is 1. The summed E-state index contributed by atoms with van der Waals surface area (Å²) in [5, 5.41) is 4.00. The van der Waals surface area contributed by atoms with Gasteiger partial charge in [-0.15, -0.1) is 0 Å². The fraction of sp³-hybridized carbons (Fsp3) is 0.217. The maximum Gasteiger partial charge on any atom is 0.174 e. The van der Waals surface area contributed by atoms with Gasteiger partial charge in [0.05, 0.1) is 7.11 Å². The molecule has 3 rings (SSSR count). The van der Waals surface area contributed by atoms with Gasteiger partial charge in [0.15, 0.2) is 5.11 Å². The van der Waals surface area contributed by atoms with Crippen LogP contribution in [0.1, 0.15) is 11.1 Å². The highest BCUT2D eigenvalue weighted by molar-refractivity contribution is 7.80. The highest BCUT2D eigenvalue weighted by atomic mass is 32.1. The SMILES string of the molecule is COc1ccc(NC(=S)N(Cc2ccc(N(C)C)cc2)Cc2cccnc2)cc1. The van der Waals surface area contributed by atoms with E-state index < -0.39 is 0 Å². The predicted molar refractivity (Wildman–Crippen MR) is 123 cm³/mol. The molecule has 0 spiro atoms. The molecule has 0 saturated heterocycles. The van der Waals surface area contributed by atoms with Crippen LogP contribution in [0.25, 0.3) is 0 Å². The maximum absolute atomic E-state index is 5.74. The van der Waals surface area contributed by atoms with Crippen molar-refractivity contribution < 1.29 is 4.74 Å². The van der Waals surface area contributed by atoms with Gasteiger partial charge in [-0.05, 0) is 65.8 Å². The second kappa shape index (κ2) is 9.89. The molecule has 0 amide bonds. The smallest absolute Gasteiger partial charge is 0.174 e. The van der Waals surface area contributed by atoms with E-state index in [1.807, 2.05) is 50.6 Å². The molecular formula is C23H26N4OS. The number of anilines is 2. The average Bonchev–Trinajstić information content (AvgIpc) is 2.75. The van der Waals surface area contributed by atoms with Gasteiger partial charge in [0.1, 0.15) is 5.75 Å².